The number of hydrogen-bond donors (Lipinski definition) is 2. The van der Waals surface area contributed by atoms with Gasteiger partial charge in [-0.05, 0) is 16.8 Å². The predicted molar refractivity (Wildman–Crippen MR) is 70.4 cm³/mol. The second-order valence-corrected chi connectivity index (χ2v) is 6.95. The quantitative estimate of drug-likeness (QED) is 0.847. The smallest absolute Gasteiger partial charge is 0.277 e. The van der Waals surface area contributed by atoms with Crippen LogP contribution in [0.25, 0.3) is 10.1 Å². The van der Waals surface area contributed by atoms with E-state index in [1.807, 2.05) is 29.6 Å². The second-order valence-electron chi connectivity index (χ2n) is 4.49. The summed E-state index contributed by atoms with van der Waals surface area (Å²) in [7, 11) is -3.70. The van der Waals surface area contributed by atoms with Crippen molar-refractivity contribution in [2.75, 3.05) is 13.1 Å². The van der Waals surface area contributed by atoms with Crippen molar-refractivity contribution in [2.24, 2.45) is 5.14 Å². The third-order valence-corrected chi connectivity index (χ3v) is 5.16. The van der Waals surface area contributed by atoms with E-state index in [4.69, 9.17) is 5.14 Å². The lowest BCUT2D eigenvalue weighted by atomic mass is 9.88. The lowest BCUT2D eigenvalue weighted by molar-refractivity contribution is -0.0633. The van der Waals surface area contributed by atoms with Crippen molar-refractivity contribution in [3.63, 3.8) is 0 Å². The summed E-state index contributed by atoms with van der Waals surface area (Å²) in [5.74, 6) is 0. The summed E-state index contributed by atoms with van der Waals surface area (Å²) >= 11 is 1.54. The largest absolute Gasteiger partial charge is 0.382 e. The monoisotopic (exact) mass is 284 g/mol. The van der Waals surface area contributed by atoms with Crippen molar-refractivity contribution in [3.05, 3.63) is 35.2 Å². The van der Waals surface area contributed by atoms with Gasteiger partial charge in [-0.25, -0.2) is 5.14 Å². The van der Waals surface area contributed by atoms with Crippen molar-refractivity contribution in [3.8, 4) is 0 Å². The highest BCUT2D eigenvalue weighted by Crippen LogP contribution is 2.39. The third-order valence-electron chi connectivity index (χ3n) is 3.22. The average Bonchev–Trinajstić information content (AvgIpc) is 2.67. The Morgan fingerprint density at radius 3 is 2.67 bits per heavy atom. The Morgan fingerprint density at radius 2 is 2.00 bits per heavy atom. The number of hydrogen-bond acceptors (Lipinski definition) is 4. The molecule has 0 atom stereocenters. The van der Waals surface area contributed by atoms with Gasteiger partial charge in [-0.3, -0.25) is 0 Å². The third kappa shape index (κ3) is 1.75. The van der Waals surface area contributed by atoms with E-state index in [2.05, 4.69) is 0 Å². The summed E-state index contributed by atoms with van der Waals surface area (Å²) in [6.45, 7) is 0.0408. The molecule has 1 fully saturated rings. The first kappa shape index (κ1) is 12.1. The summed E-state index contributed by atoms with van der Waals surface area (Å²) in [6.07, 6.45) is 0. The fourth-order valence-corrected chi connectivity index (χ4v) is 4.07. The number of β-amino-alcohol motifs (C(OH)–C–C–N with tert-alkyl or cyclic N) is 1. The van der Waals surface area contributed by atoms with Gasteiger partial charge in [-0.2, -0.15) is 12.7 Å². The molecule has 0 bridgehead atoms. The molecule has 1 aromatic carbocycles. The van der Waals surface area contributed by atoms with E-state index in [9.17, 15) is 13.5 Å². The molecule has 0 amide bonds. The van der Waals surface area contributed by atoms with E-state index >= 15 is 0 Å². The fourth-order valence-electron chi connectivity index (χ4n) is 2.23. The van der Waals surface area contributed by atoms with Crippen LogP contribution in [0.15, 0.2) is 29.6 Å². The molecule has 1 saturated heterocycles. The minimum atomic E-state index is -3.70. The molecule has 1 aliphatic rings. The molecule has 96 valence electrons. The molecule has 0 saturated carbocycles. The number of fused-ring (bicyclic) bond motifs is 1. The highest BCUT2D eigenvalue weighted by molar-refractivity contribution is 7.86. The van der Waals surface area contributed by atoms with E-state index in [1.165, 1.54) is 11.3 Å². The van der Waals surface area contributed by atoms with Gasteiger partial charge in [0.15, 0.2) is 0 Å². The van der Waals surface area contributed by atoms with Crippen LogP contribution in [0.3, 0.4) is 0 Å². The number of nitrogens with zero attached hydrogens (tertiary/aromatic N) is 1. The first-order valence-electron chi connectivity index (χ1n) is 5.37. The zero-order chi connectivity index (χ0) is 13.0. The average molecular weight is 284 g/mol. The molecule has 18 heavy (non-hydrogen) atoms. The first-order valence-corrected chi connectivity index (χ1v) is 7.75. The van der Waals surface area contributed by atoms with E-state index in [-0.39, 0.29) is 13.1 Å². The number of rotatable bonds is 2. The van der Waals surface area contributed by atoms with Crippen LogP contribution in [0.4, 0.5) is 0 Å². The molecule has 1 aromatic heterocycles. The molecule has 2 aromatic rings. The normalized spacial score (nSPS) is 19.9. The highest BCUT2D eigenvalue weighted by Gasteiger charge is 2.48. The standard InChI is InChI=1S/C11H12N2O3S2/c12-18(15,16)13-6-11(14,7-13)9-5-17-10-4-2-1-3-8(9)10/h1-5,14H,6-7H2,(H2,12,15,16). The molecule has 3 rings (SSSR count). The van der Waals surface area contributed by atoms with Crippen LogP contribution in [0.1, 0.15) is 5.56 Å². The Labute approximate surface area is 109 Å². The molecule has 7 heteroatoms. The highest BCUT2D eigenvalue weighted by atomic mass is 32.2. The van der Waals surface area contributed by atoms with E-state index in [1.54, 1.807) is 0 Å². The maximum atomic E-state index is 11.1. The van der Waals surface area contributed by atoms with Crippen molar-refractivity contribution in [2.45, 2.75) is 5.60 Å². The maximum Gasteiger partial charge on any atom is 0.277 e. The van der Waals surface area contributed by atoms with Gasteiger partial charge in [0, 0.05) is 23.4 Å². The Hall–Kier alpha value is -0.990. The van der Waals surface area contributed by atoms with Gasteiger partial charge in [0.2, 0.25) is 0 Å². The summed E-state index contributed by atoms with van der Waals surface area (Å²) in [4.78, 5) is 0. The molecular formula is C11H12N2O3S2. The number of thiophene rings is 1. The molecule has 0 spiro atoms. The van der Waals surface area contributed by atoms with E-state index in [0.717, 1.165) is 20.0 Å². The Kier molecular flexibility index (Phi) is 2.51. The van der Waals surface area contributed by atoms with Crippen LogP contribution in [-0.4, -0.2) is 30.9 Å². The van der Waals surface area contributed by atoms with Crippen LogP contribution < -0.4 is 5.14 Å². The van der Waals surface area contributed by atoms with Crippen LogP contribution in [0.2, 0.25) is 0 Å². The minimum Gasteiger partial charge on any atom is -0.382 e. The summed E-state index contributed by atoms with van der Waals surface area (Å²) in [6, 6.07) is 7.74. The van der Waals surface area contributed by atoms with Crippen LogP contribution in [-0.2, 0) is 15.8 Å². The van der Waals surface area contributed by atoms with Gasteiger partial charge in [-0.15, -0.1) is 11.3 Å². The number of benzene rings is 1. The second kappa shape index (κ2) is 3.75. The minimum absolute atomic E-state index is 0.0204. The van der Waals surface area contributed by atoms with Gasteiger partial charge in [0.25, 0.3) is 10.2 Å². The number of aliphatic hydroxyl groups is 1. The Bertz CT molecular complexity index is 702. The predicted octanol–water partition coefficient (Wildman–Crippen LogP) is 0.608. The van der Waals surface area contributed by atoms with Gasteiger partial charge in [0.1, 0.15) is 5.60 Å². The summed E-state index contributed by atoms with van der Waals surface area (Å²) < 4.78 is 24.4. The van der Waals surface area contributed by atoms with Crippen molar-refractivity contribution < 1.29 is 13.5 Å². The van der Waals surface area contributed by atoms with Gasteiger partial charge in [0.05, 0.1) is 0 Å². The van der Waals surface area contributed by atoms with Crippen molar-refractivity contribution in [1.82, 2.24) is 4.31 Å². The van der Waals surface area contributed by atoms with Gasteiger partial charge < -0.3 is 5.11 Å². The van der Waals surface area contributed by atoms with Crippen molar-refractivity contribution in [1.29, 1.82) is 0 Å². The molecule has 0 unspecified atom stereocenters. The molecule has 0 aliphatic carbocycles. The van der Waals surface area contributed by atoms with Gasteiger partial charge in [-0.1, -0.05) is 18.2 Å². The lowest BCUT2D eigenvalue weighted by Crippen LogP contribution is -2.62. The zero-order valence-corrected chi connectivity index (χ0v) is 11.0. The number of nitrogens with two attached hydrogens (primary N) is 1. The molecule has 1 aliphatic heterocycles. The van der Waals surface area contributed by atoms with Crippen LogP contribution in [0, 0.1) is 0 Å². The topological polar surface area (TPSA) is 83.6 Å². The lowest BCUT2D eigenvalue weighted by Gasteiger charge is -2.44. The van der Waals surface area contributed by atoms with Crippen molar-refractivity contribution >= 4 is 31.6 Å². The summed E-state index contributed by atoms with van der Waals surface area (Å²) in [5, 5.41) is 18.3. The van der Waals surface area contributed by atoms with Crippen LogP contribution >= 0.6 is 11.3 Å². The summed E-state index contributed by atoms with van der Waals surface area (Å²) in [5.41, 5.74) is -0.338. The SMILES string of the molecule is NS(=O)(=O)N1CC(O)(c2csc3ccccc23)C1. The van der Waals surface area contributed by atoms with Crippen LogP contribution in [0.5, 0.6) is 0 Å². The maximum absolute atomic E-state index is 11.1. The fraction of sp³-hybridized carbons (Fsp3) is 0.273. The van der Waals surface area contributed by atoms with E-state index < -0.39 is 15.8 Å². The van der Waals surface area contributed by atoms with E-state index in [0.29, 0.717) is 0 Å². The molecule has 0 radical (unpaired) electrons. The zero-order valence-electron chi connectivity index (χ0n) is 9.41. The molecule has 5 nitrogen and oxygen atoms in total. The molecule has 2 heterocycles. The van der Waals surface area contributed by atoms with Gasteiger partial charge >= 0.3 is 0 Å². The molecular weight excluding hydrogens is 272 g/mol. The first-order chi connectivity index (χ1) is 8.40. The molecule has 3 N–H and O–H groups in total. The Balaban J connectivity index is 1.98. The Morgan fingerprint density at radius 1 is 1.33 bits per heavy atom.